The van der Waals surface area contributed by atoms with E-state index in [4.69, 9.17) is 9.47 Å². The van der Waals surface area contributed by atoms with Gasteiger partial charge in [-0.3, -0.25) is 14.7 Å². The molecule has 1 aromatic heterocycles. The van der Waals surface area contributed by atoms with Gasteiger partial charge < -0.3 is 19.9 Å². The summed E-state index contributed by atoms with van der Waals surface area (Å²) in [5.41, 5.74) is 2.52. The maximum atomic E-state index is 13.0. The second-order valence-corrected chi connectivity index (χ2v) is 9.76. The van der Waals surface area contributed by atoms with Crippen molar-refractivity contribution in [1.29, 1.82) is 0 Å². The Labute approximate surface area is 208 Å². The molecule has 1 saturated carbocycles. The smallest absolute Gasteiger partial charge is 0.424 e. The van der Waals surface area contributed by atoms with Crippen LogP contribution in [0.4, 0.5) is 10.6 Å². The number of nitrogens with one attached hydrogen (secondary N) is 2. The van der Waals surface area contributed by atoms with Gasteiger partial charge in [0.15, 0.2) is 12.1 Å². The highest BCUT2D eigenvalue weighted by molar-refractivity contribution is 5.94. The monoisotopic (exact) mass is 497 g/mol. The molecule has 36 heavy (non-hydrogen) atoms. The first-order valence-corrected chi connectivity index (χ1v) is 12.3. The van der Waals surface area contributed by atoms with Gasteiger partial charge in [0.1, 0.15) is 17.6 Å². The Bertz CT molecular complexity index is 1180. The number of benzene rings is 1. The summed E-state index contributed by atoms with van der Waals surface area (Å²) in [5, 5.41) is 23.8. The molecule has 11 nitrogen and oxygen atoms in total. The summed E-state index contributed by atoms with van der Waals surface area (Å²) in [6.45, 7) is 1.54. The minimum Gasteiger partial charge on any atom is -0.507 e. The van der Waals surface area contributed by atoms with Gasteiger partial charge in [0, 0.05) is 49.8 Å². The van der Waals surface area contributed by atoms with Crippen molar-refractivity contribution >= 4 is 24.1 Å². The molecule has 11 heteroatoms. The fraction of sp³-hybridized carbons (Fsp3) is 0.520. The van der Waals surface area contributed by atoms with Gasteiger partial charge in [0.25, 0.3) is 0 Å². The second kappa shape index (κ2) is 9.81. The first-order valence-electron chi connectivity index (χ1n) is 12.3. The highest BCUT2D eigenvalue weighted by Gasteiger charge is 2.35. The Kier molecular flexibility index (Phi) is 6.57. The van der Waals surface area contributed by atoms with Gasteiger partial charge in [-0.15, -0.1) is 0 Å². The normalized spacial score (nSPS) is 23.5. The number of phenols is 1. The van der Waals surface area contributed by atoms with Gasteiger partial charge in [-0.2, -0.15) is 5.10 Å². The van der Waals surface area contributed by atoms with Gasteiger partial charge in [-0.05, 0) is 49.7 Å². The SMILES string of the molecule is COc1cc(O)c(C=O)c2c1CC(C(=O)Nc1cc(C3CCC(OC(=O)N4CCCN4C)C3)[nH]n1)C2. The van der Waals surface area contributed by atoms with Crippen LogP contribution in [0.3, 0.4) is 0 Å². The number of carbonyl (C=O) groups excluding carboxylic acids is 3. The number of amides is 2. The molecular weight excluding hydrogens is 466 g/mol. The molecule has 2 aromatic rings. The third-order valence-corrected chi connectivity index (χ3v) is 7.56. The molecule has 2 heterocycles. The summed E-state index contributed by atoms with van der Waals surface area (Å²) >= 11 is 0. The second-order valence-electron chi connectivity index (χ2n) is 9.76. The lowest BCUT2D eigenvalue weighted by Gasteiger charge is -2.25. The molecule has 3 atom stereocenters. The Morgan fingerprint density at radius 1 is 1.22 bits per heavy atom. The molecule has 2 amide bonds. The number of aromatic amines is 1. The zero-order valence-electron chi connectivity index (χ0n) is 20.5. The predicted octanol–water partition coefficient (Wildman–Crippen LogP) is 2.62. The van der Waals surface area contributed by atoms with Crippen LogP contribution in [0, 0.1) is 5.92 Å². The molecule has 3 aliphatic rings. The summed E-state index contributed by atoms with van der Waals surface area (Å²) in [7, 11) is 3.38. The molecule has 2 fully saturated rings. The van der Waals surface area contributed by atoms with Gasteiger partial charge in [-0.25, -0.2) is 14.8 Å². The van der Waals surface area contributed by atoms with Gasteiger partial charge >= 0.3 is 6.09 Å². The van der Waals surface area contributed by atoms with Crippen molar-refractivity contribution in [2.75, 3.05) is 32.6 Å². The lowest BCUT2D eigenvalue weighted by molar-refractivity contribution is -0.119. The number of anilines is 1. The van der Waals surface area contributed by atoms with Crippen LogP contribution in [0.25, 0.3) is 0 Å². The minimum absolute atomic E-state index is 0.145. The summed E-state index contributed by atoms with van der Waals surface area (Å²) in [5.74, 6) is 0.292. The lowest BCUT2D eigenvalue weighted by atomic mass is 10.0. The summed E-state index contributed by atoms with van der Waals surface area (Å²) in [6.07, 6.45) is 4.21. The van der Waals surface area contributed by atoms with Gasteiger partial charge in [0.05, 0.1) is 12.7 Å². The number of aldehydes is 1. The highest BCUT2D eigenvalue weighted by Crippen LogP contribution is 2.40. The minimum atomic E-state index is -0.409. The number of ether oxygens (including phenoxy) is 2. The number of phenolic OH excluding ortho intramolecular Hbond substituents is 1. The number of hydrogen-bond donors (Lipinski definition) is 3. The van der Waals surface area contributed by atoms with Gasteiger partial charge in [0.2, 0.25) is 5.91 Å². The number of rotatable bonds is 6. The van der Waals surface area contributed by atoms with Crippen molar-refractivity contribution in [2.45, 2.75) is 50.5 Å². The molecule has 3 N–H and O–H groups in total. The van der Waals surface area contributed by atoms with Crippen molar-refractivity contribution < 1.29 is 29.0 Å². The Morgan fingerprint density at radius 3 is 2.75 bits per heavy atom. The fourth-order valence-corrected chi connectivity index (χ4v) is 5.62. The maximum absolute atomic E-state index is 13.0. The van der Waals surface area contributed by atoms with E-state index in [0.717, 1.165) is 37.1 Å². The average molecular weight is 498 g/mol. The first-order chi connectivity index (χ1) is 17.4. The highest BCUT2D eigenvalue weighted by atomic mass is 16.6. The number of aromatic hydroxyl groups is 1. The summed E-state index contributed by atoms with van der Waals surface area (Å²) in [4.78, 5) is 36.9. The standard InChI is InChI=1S/C25H31N5O6/c1-29-6-3-7-30(29)25(34)36-16-5-4-14(8-16)20-11-23(28-27-20)26-24(33)15-9-17-18(10-15)22(35-2)12-21(32)19(17)13-31/h11-16,32H,3-10H2,1-2H3,(H2,26,27,28,33). The van der Waals surface area contributed by atoms with E-state index < -0.39 is 5.92 Å². The van der Waals surface area contributed by atoms with E-state index in [-0.39, 0.29) is 35.3 Å². The molecule has 1 aliphatic heterocycles. The number of H-pyrrole nitrogens is 1. The van der Waals surface area contributed by atoms with E-state index in [2.05, 4.69) is 15.5 Å². The van der Waals surface area contributed by atoms with Crippen molar-refractivity contribution in [3.8, 4) is 11.5 Å². The van der Waals surface area contributed by atoms with Crippen LogP contribution in [0.2, 0.25) is 0 Å². The average Bonchev–Trinajstić information content (AvgIpc) is 3.65. The Morgan fingerprint density at radius 2 is 2.03 bits per heavy atom. The molecule has 1 saturated heterocycles. The molecule has 5 rings (SSSR count). The number of nitrogens with zero attached hydrogens (tertiary/aromatic N) is 3. The van der Waals surface area contributed by atoms with E-state index in [1.54, 1.807) is 5.01 Å². The Balaban J connectivity index is 1.18. The number of methoxy groups -OCH3 is 1. The summed E-state index contributed by atoms with van der Waals surface area (Å²) < 4.78 is 11.1. The van der Waals surface area contributed by atoms with Crippen LogP contribution in [-0.4, -0.2) is 77.0 Å². The van der Waals surface area contributed by atoms with Crippen molar-refractivity contribution in [3.05, 3.63) is 34.5 Å². The lowest BCUT2D eigenvalue weighted by Crippen LogP contribution is -2.40. The molecular formula is C25H31N5O6. The zero-order chi connectivity index (χ0) is 25.4. The Hall–Kier alpha value is -3.60. The summed E-state index contributed by atoms with van der Waals surface area (Å²) in [6, 6.07) is 3.24. The van der Waals surface area contributed by atoms with Crippen LogP contribution < -0.4 is 10.1 Å². The molecule has 0 bridgehead atoms. The molecule has 192 valence electrons. The van der Waals surface area contributed by atoms with Crippen LogP contribution in [-0.2, 0) is 22.4 Å². The van der Waals surface area contributed by atoms with E-state index in [9.17, 15) is 19.5 Å². The molecule has 2 aliphatic carbocycles. The third kappa shape index (κ3) is 4.50. The molecule has 0 radical (unpaired) electrons. The van der Waals surface area contributed by atoms with E-state index >= 15 is 0 Å². The number of hydrazine groups is 1. The number of carbonyl (C=O) groups is 3. The largest absolute Gasteiger partial charge is 0.507 e. The van der Waals surface area contributed by atoms with Crippen LogP contribution >= 0.6 is 0 Å². The molecule has 0 spiro atoms. The number of hydrogen-bond acceptors (Lipinski definition) is 8. The van der Waals surface area contributed by atoms with Gasteiger partial charge in [-0.1, -0.05) is 0 Å². The van der Waals surface area contributed by atoms with E-state index in [1.807, 2.05) is 18.1 Å². The topological polar surface area (TPSA) is 137 Å². The van der Waals surface area contributed by atoms with E-state index in [1.165, 1.54) is 13.2 Å². The van der Waals surface area contributed by atoms with E-state index in [0.29, 0.717) is 49.2 Å². The third-order valence-electron chi connectivity index (χ3n) is 7.56. The number of aromatic nitrogens is 2. The van der Waals surface area contributed by atoms with Crippen LogP contribution in [0.15, 0.2) is 12.1 Å². The zero-order valence-corrected chi connectivity index (χ0v) is 20.5. The van der Waals surface area contributed by atoms with Crippen molar-refractivity contribution in [2.24, 2.45) is 5.92 Å². The van der Waals surface area contributed by atoms with Crippen molar-refractivity contribution in [1.82, 2.24) is 20.2 Å². The maximum Gasteiger partial charge on any atom is 0.424 e. The quantitative estimate of drug-likeness (QED) is 0.518. The predicted molar refractivity (Wildman–Crippen MR) is 129 cm³/mol. The van der Waals surface area contributed by atoms with Crippen LogP contribution in [0.1, 0.15) is 58.8 Å². The number of fused-ring (bicyclic) bond motifs is 1. The molecule has 3 unspecified atom stereocenters. The fourth-order valence-electron chi connectivity index (χ4n) is 5.62. The first kappa shape index (κ1) is 24.1. The van der Waals surface area contributed by atoms with Crippen molar-refractivity contribution in [3.63, 3.8) is 0 Å². The van der Waals surface area contributed by atoms with Crippen LogP contribution in [0.5, 0.6) is 11.5 Å². The molecule has 1 aromatic carbocycles.